The lowest BCUT2D eigenvalue weighted by atomic mass is 10.0. The van der Waals surface area contributed by atoms with Gasteiger partial charge < -0.3 is 14.5 Å². The molecule has 0 saturated carbocycles. The van der Waals surface area contributed by atoms with E-state index in [2.05, 4.69) is 5.32 Å². The fourth-order valence-corrected chi connectivity index (χ4v) is 2.98. The topological polar surface area (TPSA) is 51.5 Å². The Hall–Kier alpha value is -3.27. The van der Waals surface area contributed by atoms with Crippen LogP contribution in [0.2, 0.25) is 0 Å². The first-order valence-electron chi connectivity index (χ1n) is 8.19. The largest absolute Gasteiger partial charge is 0.493 e. The van der Waals surface area contributed by atoms with Crippen molar-refractivity contribution in [3.05, 3.63) is 72.0 Å². The summed E-state index contributed by atoms with van der Waals surface area (Å²) in [5, 5.41) is 2.93. The minimum Gasteiger partial charge on any atom is -0.493 e. The fourth-order valence-electron chi connectivity index (χ4n) is 2.98. The highest BCUT2D eigenvalue weighted by atomic mass is 16.5. The van der Waals surface area contributed by atoms with E-state index >= 15 is 0 Å². The lowest BCUT2D eigenvalue weighted by Gasteiger charge is -2.07. The van der Waals surface area contributed by atoms with Crippen LogP contribution in [-0.4, -0.2) is 12.5 Å². The molecular formula is C21H17NO3. The standard InChI is InChI=1S/C21H17NO3/c1-2-24-19-7-4-3-6-14(19)12-17-16-10-9-15(20-8-5-11-25-20)13-18(16)22-21(17)23/h3-13H,2H2,1H3,(H,22,23)/b17-12+. The summed E-state index contributed by atoms with van der Waals surface area (Å²) in [5.74, 6) is 1.43. The van der Waals surface area contributed by atoms with Gasteiger partial charge in [0, 0.05) is 28.0 Å². The first-order valence-corrected chi connectivity index (χ1v) is 8.19. The molecule has 4 heteroatoms. The Labute approximate surface area is 145 Å². The van der Waals surface area contributed by atoms with Crippen LogP contribution >= 0.6 is 0 Å². The molecule has 4 nitrogen and oxygen atoms in total. The minimum absolute atomic E-state index is 0.113. The van der Waals surface area contributed by atoms with Gasteiger partial charge in [-0.05, 0) is 37.3 Å². The molecule has 2 heterocycles. The molecule has 1 N–H and O–H groups in total. The van der Waals surface area contributed by atoms with Gasteiger partial charge in [0.05, 0.1) is 12.9 Å². The Balaban J connectivity index is 1.75. The number of nitrogens with one attached hydrogen (secondary N) is 1. The predicted molar refractivity (Wildman–Crippen MR) is 98.3 cm³/mol. The summed E-state index contributed by atoms with van der Waals surface area (Å²) in [6, 6.07) is 17.3. The summed E-state index contributed by atoms with van der Waals surface area (Å²) >= 11 is 0. The molecule has 1 aromatic heterocycles. The normalized spacial score (nSPS) is 14.4. The van der Waals surface area contributed by atoms with Crippen molar-refractivity contribution in [2.75, 3.05) is 11.9 Å². The summed E-state index contributed by atoms with van der Waals surface area (Å²) in [6.45, 7) is 2.52. The second kappa shape index (κ2) is 6.32. The molecular weight excluding hydrogens is 314 g/mol. The maximum atomic E-state index is 12.5. The summed E-state index contributed by atoms with van der Waals surface area (Å²) in [5.41, 5.74) is 4.12. The van der Waals surface area contributed by atoms with E-state index in [0.29, 0.717) is 12.2 Å². The van der Waals surface area contributed by atoms with Gasteiger partial charge in [0.2, 0.25) is 0 Å². The number of anilines is 1. The first kappa shape index (κ1) is 15.3. The summed E-state index contributed by atoms with van der Waals surface area (Å²) in [4.78, 5) is 12.5. The second-order valence-corrected chi connectivity index (χ2v) is 5.72. The van der Waals surface area contributed by atoms with Crippen LogP contribution in [0.5, 0.6) is 5.75 Å². The van der Waals surface area contributed by atoms with E-state index in [1.54, 1.807) is 6.26 Å². The lowest BCUT2D eigenvalue weighted by Crippen LogP contribution is -2.03. The van der Waals surface area contributed by atoms with Crippen LogP contribution in [0, 0.1) is 0 Å². The van der Waals surface area contributed by atoms with Crippen LogP contribution in [0.25, 0.3) is 23.0 Å². The molecule has 0 radical (unpaired) electrons. The molecule has 0 unspecified atom stereocenters. The third kappa shape index (κ3) is 2.83. The van der Waals surface area contributed by atoms with Crippen LogP contribution in [-0.2, 0) is 4.79 Å². The van der Waals surface area contributed by atoms with E-state index in [9.17, 15) is 4.79 Å². The molecule has 1 amide bonds. The number of furan rings is 1. The van der Waals surface area contributed by atoms with Gasteiger partial charge >= 0.3 is 0 Å². The lowest BCUT2D eigenvalue weighted by molar-refractivity contribution is -0.110. The highest BCUT2D eigenvalue weighted by molar-refractivity contribution is 6.35. The van der Waals surface area contributed by atoms with Gasteiger partial charge in [0.25, 0.3) is 5.91 Å². The van der Waals surface area contributed by atoms with E-state index in [1.807, 2.05) is 67.6 Å². The quantitative estimate of drug-likeness (QED) is 0.696. The monoisotopic (exact) mass is 331 g/mol. The van der Waals surface area contributed by atoms with Crippen LogP contribution in [0.1, 0.15) is 18.1 Å². The number of hydrogen-bond acceptors (Lipinski definition) is 3. The third-order valence-corrected chi connectivity index (χ3v) is 4.13. The number of ether oxygens (including phenoxy) is 1. The molecule has 0 spiro atoms. The highest BCUT2D eigenvalue weighted by Gasteiger charge is 2.25. The van der Waals surface area contributed by atoms with Crippen molar-refractivity contribution in [2.45, 2.75) is 6.92 Å². The zero-order valence-corrected chi connectivity index (χ0v) is 13.8. The molecule has 1 aliphatic rings. The Morgan fingerprint density at radius 3 is 2.80 bits per heavy atom. The fraction of sp³-hybridized carbons (Fsp3) is 0.0952. The molecule has 3 aromatic rings. The van der Waals surface area contributed by atoms with Crippen molar-refractivity contribution >= 4 is 23.2 Å². The SMILES string of the molecule is CCOc1ccccc1/C=C1/C(=O)Nc2cc(-c3ccco3)ccc21. The third-order valence-electron chi connectivity index (χ3n) is 4.13. The average molecular weight is 331 g/mol. The van der Waals surface area contributed by atoms with Crippen molar-refractivity contribution < 1.29 is 13.9 Å². The zero-order valence-electron chi connectivity index (χ0n) is 13.8. The van der Waals surface area contributed by atoms with E-state index in [1.165, 1.54) is 0 Å². The van der Waals surface area contributed by atoms with Crippen molar-refractivity contribution in [1.82, 2.24) is 0 Å². The smallest absolute Gasteiger partial charge is 0.256 e. The number of amides is 1. The number of para-hydroxylation sites is 1. The predicted octanol–water partition coefficient (Wildman–Crippen LogP) is 4.84. The number of hydrogen-bond donors (Lipinski definition) is 1. The zero-order chi connectivity index (χ0) is 17.2. The van der Waals surface area contributed by atoms with E-state index in [0.717, 1.165) is 33.9 Å². The molecule has 25 heavy (non-hydrogen) atoms. The van der Waals surface area contributed by atoms with Crippen molar-refractivity contribution in [1.29, 1.82) is 0 Å². The number of benzene rings is 2. The number of carbonyl (C=O) groups excluding carboxylic acids is 1. The molecule has 0 aliphatic carbocycles. The molecule has 2 aromatic carbocycles. The van der Waals surface area contributed by atoms with Gasteiger partial charge in [0.1, 0.15) is 11.5 Å². The summed E-state index contributed by atoms with van der Waals surface area (Å²) in [7, 11) is 0. The number of rotatable bonds is 4. The molecule has 0 saturated heterocycles. The Bertz CT molecular complexity index is 955. The summed E-state index contributed by atoms with van der Waals surface area (Å²) in [6.07, 6.45) is 3.51. The summed E-state index contributed by atoms with van der Waals surface area (Å²) < 4.78 is 11.1. The van der Waals surface area contributed by atoms with Gasteiger partial charge in [-0.1, -0.05) is 30.3 Å². The Morgan fingerprint density at radius 1 is 1.12 bits per heavy atom. The maximum absolute atomic E-state index is 12.5. The number of fused-ring (bicyclic) bond motifs is 1. The van der Waals surface area contributed by atoms with Crippen LogP contribution < -0.4 is 10.1 Å². The Morgan fingerprint density at radius 2 is 2.00 bits per heavy atom. The van der Waals surface area contributed by atoms with Gasteiger partial charge in [-0.3, -0.25) is 4.79 Å². The van der Waals surface area contributed by atoms with Crippen LogP contribution in [0.3, 0.4) is 0 Å². The number of carbonyl (C=O) groups is 1. The van der Waals surface area contributed by atoms with E-state index < -0.39 is 0 Å². The minimum atomic E-state index is -0.113. The van der Waals surface area contributed by atoms with Crippen LogP contribution in [0.4, 0.5) is 5.69 Å². The molecule has 0 fully saturated rings. The van der Waals surface area contributed by atoms with E-state index in [4.69, 9.17) is 9.15 Å². The first-order chi connectivity index (χ1) is 12.3. The molecule has 124 valence electrons. The van der Waals surface area contributed by atoms with Crippen LogP contribution in [0.15, 0.2) is 65.3 Å². The Kier molecular flexibility index (Phi) is 3.86. The van der Waals surface area contributed by atoms with E-state index in [-0.39, 0.29) is 5.91 Å². The maximum Gasteiger partial charge on any atom is 0.256 e. The molecule has 4 rings (SSSR count). The molecule has 0 bridgehead atoms. The average Bonchev–Trinajstić information content (AvgIpc) is 3.25. The second-order valence-electron chi connectivity index (χ2n) is 5.72. The van der Waals surface area contributed by atoms with Gasteiger partial charge in [-0.15, -0.1) is 0 Å². The van der Waals surface area contributed by atoms with Crippen molar-refractivity contribution in [3.8, 4) is 17.1 Å². The van der Waals surface area contributed by atoms with Gasteiger partial charge in [0.15, 0.2) is 0 Å². The van der Waals surface area contributed by atoms with Gasteiger partial charge in [-0.2, -0.15) is 0 Å². The van der Waals surface area contributed by atoms with Gasteiger partial charge in [-0.25, -0.2) is 0 Å². The molecule has 1 aliphatic heterocycles. The molecule has 0 atom stereocenters. The highest BCUT2D eigenvalue weighted by Crippen LogP contribution is 2.37. The van der Waals surface area contributed by atoms with Crippen molar-refractivity contribution in [3.63, 3.8) is 0 Å². The van der Waals surface area contributed by atoms with Crippen molar-refractivity contribution in [2.24, 2.45) is 0 Å².